The van der Waals surface area contributed by atoms with Crippen LogP contribution in [0.3, 0.4) is 0 Å². The summed E-state index contributed by atoms with van der Waals surface area (Å²) in [7, 11) is 0. The molecule has 0 unspecified atom stereocenters. The van der Waals surface area contributed by atoms with Crippen molar-refractivity contribution in [2.24, 2.45) is 5.41 Å². The van der Waals surface area contributed by atoms with Gasteiger partial charge in [-0.1, -0.05) is 40.5 Å². The predicted molar refractivity (Wildman–Crippen MR) is 91.6 cm³/mol. The molecule has 1 aliphatic carbocycles. The molecule has 1 aliphatic rings. The van der Waals surface area contributed by atoms with Crippen molar-refractivity contribution in [3.63, 3.8) is 0 Å². The van der Waals surface area contributed by atoms with E-state index in [9.17, 15) is 9.59 Å². The van der Waals surface area contributed by atoms with Crippen molar-refractivity contribution in [1.29, 1.82) is 0 Å². The number of hydrogen-bond donors (Lipinski definition) is 0. The molecule has 0 radical (unpaired) electrons. The fourth-order valence-electron chi connectivity index (χ4n) is 2.71. The highest BCUT2D eigenvalue weighted by Gasteiger charge is 2.35. The Morgan fingerprint density at radius 3 is 1.95 bits per heavy atom. The maximum absolute atomic E-state index is 12.1. The molecule has 0 aliphatic heterocycles. The molecule has 3 nitrogen and oxygen atoms in total. The van der Waals surface area contributed by atoms with Crippen LogP contribution in [-0.2, 0) is 9.59 Å². The zero-order chi connectivity index (χ0) is 16.6. The molecule has 0 spiro atoms. The summed E-state index contributed by atoms with van der Waals surface area (Å²) in [5.74, 6) is -0.0286. The smallest absolute Gasteiger partial charge is 0.166 e. The van der Waals surface area contributed by atoms with Crippen molar-refractivity contribution in [2.75, 3.05) is 13.1 Å². The van der Waals surface area contributed by atoms with E-state index in [2.05, 4.69) is 18.7 Å². The van der Waals surface area contributed by atoms with Gasteiger partial charge in [-0.05, 0) is 36.6 Å². The molecule has 22 heavy (non-hydrogen) atoms. The molecule has 0 N–H and O–H groups in total. The van der Waals surface area contributed by atoms with Gasteiger partial charge >= 0.3 is 0 Å². The van der Waals surface area contributed by atoms with E-state index < -0.39 is 0 Å². The number of carbonyl (C=O) groups is 2. The monoisotopic (exact) mass is 305 g/mol. The highest BCUT2D eigenvalue weighted by Crippen LogP contribution is 2.33. The van der Waals surface area contributed by atoms with Crippen molar-refractivity contribution in [2.45, 2.75) is 66.2 Å². The summed E-state index contributed by atoms with van der Waals surface area (Å²) in [5.41, 5.74) is 0.185. The molecule has 124 valence electrons. The minimum Gasteiger partial charge on any atom is -0.377 e. The lowest BCUT2D eigenvalue weighted by molar-refractivity contribution is -0.127. The summed E-state index contributed by atoms with van der Waals surface area (Å²) in [6.45, 7) is 10.4. The summed E-state index contributed by atoms with van der Waals surface area (Å²) in [6, 6.07) is 0. The van der Waals surface area contributed by atoms with Crippen molar-refractivity contribution < 1.29 is 9.59 Å². The first kappa shape index (κ1) is 18.7. The largest absolute Gasteiger partial charge is 0.377 e. The van der Waals surface area contributed by atoms with Gasteiger partial charge in [0.15, 0.2) is 11.6 Å². The normalized spacial score (nSPS) is 18.1. The Labute approximate surface area is 135 Å². The van der Waals surface area contributed by atoms with Gasteiger partial charge in [-0.2, -0.15) is 0 Å². The number of nitrogens with zero attached hydrogens (tertiary/aromatic N) is 1. The van der Waals surface area contributed by atoms with Crippen LogP contribution in [0.25, 0.3) is 0 Å². The number of carbonyl (C=O) groups excluding carboxylic acids is 2. The fraction of sp³-hybridized carbons (Fsp3) is 0.684. The predicted octanol–water partition coefficient (Wildman–Crippen LogP) is 4.29. The van der Waals surface area contributed by atoms with Crippen LogP contribution in [0.1, 0.15) is 66.2 Å². The number of unbranched alkanes of at least 4 members (excludes halogenated alkanes) is 2. The number of Topliss-reactive ketones (excluding diaryl/α,β-unsaturated/α-hetero) is 2. The molecule has 1 rings (SSSR count). The molecule has 0 aromatic rings. The minimum atomic E-state index is -0.191. The maximum Gasteiger partial charge on any atom is 0.166 e. The standard InChI is InChI=1S/C19H31NO2/c1-5-7-11-20(12-8-6-2)13-9-10-16-17(21)14-19(3,4)15-18(16)22/h9-10,13H,5-8,11-12,14-15H2,1-4H3. The van der Waals surface area contributed by atoms with Crippen molar-refractivity contribution >= 4 is 11.6 Å². The summed E-state index contributed by atoms with van der Waals surface area (Å²) in [6.07, 6.45) is 11.2. The zero-order valence-electron chi connectivity index (χ0n) is 14.7. The average molecular weight is 305 g/mol. The maximum atomic E-state index is 12.1. The second-order valence-electron chi connectivity index (χ2n) is 7.03. The molecule has 0 amide bonds. The van der Waals surface area contributed by atoms with E-state index in [1.807, 2.05) is 26.1 Å². The summed E-state index contributed by atoms with van der Waals surface area (Å²) < 4.78 is 0. The molecule has 0 aromatic heterocycles. The molecule has 3 heteroatoms. The highest BCUT2D eigenvalue weighted by atomic mass is 16.1. The second kappa shape index (κ2) is 8.92. The summed E-state index contributed by atoms with van der Waals surface area (Å²) >= 11 is 0. The number of hydrogen-bond acceptors (Lipinski definition) is 3. The molecular formula is C19H31NO2. The van der Waals surface area contributed by atoms with Gasteiger partial charge in [0.2, 0.25) is 0 Å². The number of ketones is 2. The van der Waals surface area contributed by atoms with Gasteiger partial charge in [0.25, 0.3) is 0 Å². The molecule has 0 atom stereocenters. The van der Waals surface area contributed by atoms with Gasteiger partial charge in [-0.25, -0.2) is 0 Å². The van der Waals surface area contributed by atoms with Gasteiger partial charge in [0, 0.05) is 25.9 Å². The molecular weight excluding hydrogens is 274 g/mol. The lowest BCUT2D eigenvalue weighted by Crippen LogP contribution is -2.31. The van der Waals surface area contributed by atoms with E-state index in [0.29, 0.717) is 18.4 Å². The van der Waals surface area contributed by atoms with Gasteiger partial charge in [0.05, 0.1) is 5.57 Å². The quantitative estimate of drug-likeness (QED) is 0.496. The Morgan fingerprint density at radius 2 is 1.50 bits per heavy atom. The Hall–Kier alpha value is -1.38. The third-order valence-corrected chi connectivity index (χ3v) is 4.04. The van der Waals surface area contributed by atoms with Gasteiger partial charge in [-0.3, -0.25) is 9.59 Å². The summed E-state index contributed by atoms with van der Waals surface area (Å²) in [5, 5.41) is 0. The Balaban J connectivity index is 2.70. The van der Waals surface area contributed by atoms with E-state index in [4.69, 9.17) is 0 Å². The lowest BCUT2D eigenvalue weighted by atomic mass is 9.74. The van der Waals surface area contributed by atoms with E-state index in [1.54, 1.807) is 6.08 Å². The molecule has 0 bridgehead atoms. The van der Waals surface area contributed by atoms with Crippen LogP contribution in [0.5, 0.6) is 0 Å². The third kappa shape index (κ3) is 6.17. The number of allylic oxidation sites excluding steroid dienone is 3. The van der Waals surface area contributed by atoms with Crippen LogP contribution in [0.4, 0.5) is 0 Å². The molecule has 0 saturated heterocycles. The van der Waals surface area contributed by atoms with E-state index in [-0.39, 0.29) is 17.0 Å². The van der Waals surface area contributed by atoms with Crippen LogP contribution in [0.2, 0.25) is 0 Å². The fourth-order valence-corrected chi connectivity index (χ4v) is 2.71. The Bertz CT molecular complexity index is 416. The van der Waals surface area contributed by atoms with E-state index in [0.717, 1.165) is 25.9 Å². The minimum absolute atomic E-state index is 0.0143. The first-order chi connectivity index (χ1) is 10.4. The molecule has 1 saturated carbocycles. The van der Waals surface area contributed by atoms with Crippen molar-refractivity contribution in [1.82, 2.24) is 4.90 Å². The summed E-state index contributed by atoms with van der Waals surface area (Å²) in [4.78, 5) is 26.5. The van der Waals surface area contributed by atoms with Crippen molar-refractivity contribution in [3.8, 4) is 0 Å². The average Bonchev–Trinajstić information content (AvgIpc) is 2.42. The van der Waals surface area contributed by atoms with Crippen LogP contribution in [-0.4, -0.2) is 29.6 Å². The van der Waals surface area contributed by atoms with E-state index in [1.165, 1.54) is 12.8 Å². The molecule has 0 aromatic carbocycles. The second-order valence-corrected chi connectivity index (χ2v) is 7.03. The molecule has 1 fully saturated rings. The lowest BCUT2D eigenvalue weighted by Gasteiger charge is -2.28. The van der Waals surface area contributed by atoms with Crippen LogP contribution < -0.4 is 0 Å². The molecule has 0 heterocycles. The van der Waals surface area contributed by atoms with Gasteiger partial charge in [0.1, 0.15) is 0 Å². The first-order valence-electron chi connectivity index (χ1n) is 8.58. The van der Waals surface area contributed by atoms with Gasteiger partial charge < -0.3 is 4.90 Å². The van der Waals surface area contributed by atoms with Crippen molar-refractivity contribution in [3.05, 3.63) is 23.9 Å². The zero-order valence-corrected chi connectivity index (χ0v) is 14.7. The van der Waals surface area contributed by atoms with Crippen LogP contribution >= 0.6 is 0 Å². The van der Waals surface area contributed by atoms with Crippen LogP contribution in [0.15, 0.2) is 23.9 Å². The van der Waals surface area contributed by atoms with Gasteiger partial charge in [-0.15, -0.1) is 0 Å². The SMILES string of the molecule is CCCCN(C=CC=C1C(=O)CC(C)(C)CC1=O)CCCC. The third-order valence-electron chi connectivity index (χ3n) is 4.04. The Kier molecular flexibility index (Phi) is 7.57. The highest BCUT2D eigenvalue weighted by molar-refractivity contribution is 6.22. The van der Waals surface area contributed by atoms with Crippen LogP contribution in [0, 0.1) is 5.41 Å². The number of rotatable bonds is 8. The Morgan fingerprint density at radius 1 is 1.00 bits per heavy atom. The van der Waals surface area contributed by atoms with E-state index >= 15 is 0 Å². The topological polar surface area (TPSA) is 37.4 Å². The first-order valence-corrected chi connectivity index (χ1v) is 8.58.